The van der Waals surface area contributed by atoms with Crippen molar-refractivity contribution in [2.45, 2.75) is 52.3 Å². The maximum absolute atomic E-state index is 13.8. The Morgan fingerprint density at radius 2 is 2.00 bits per heavy atom. The third kappa shape index (κ3) is 6.74. The van der Waals surface area contributed by atoms with Crippen molar-refractivity contribution >= 4 is 30.5 Å². The number of fused-ring (bicyclic) bond motifs is 1. The van der Waals surface area contributed by atoms with Gasteiger partial charge in [0, 0.05) is 8.22 Å². The summed E-state index contributed by atoms with van der Waals surface area (Å²) in [5.74, 6) is -0.808. The number of hydrogen-bond donors (Lipinski definition) is 2. The monoisotopic (exact) mass is 482 g/mol. The lowest BCUT2D eigenvalue weighted by Crippen LogP contribution is -2.37. The normalized spacial score (nSPS) is 18.6. The molecule has 0 saturated heterocycles. The fraction of sp³-hybridized carbons (Fsp3) is 0.429. The van der Waals surface area contributed by atoms with E-state index in [2.05, 4.69) is 20.0 Å². The van der Waals surface area contributed by atoms with Gasteiger partial charge in [-0.3, -0.25) is 9.36 Å². The van der Waals surface area contributed by atoms with Crippen LogP contribution in [0.15, 0.2) is 43.0 Å². The summed E-state index contributed by atoms with van der Waals surface area (Å²) in [7, 11) is -4.00. The van der Waals surface area contributed by atoms with Crippen LogP contribution >= 0.6 is 7.52 Å². The average molecular weight is 483 g/mol. The summed E-state index contributed by atoms with van der Waals surface area (Å²) in [6.45, 7) is -3.01. The fourth-order valence-electron chi connectivity index (χ4n) is 2.90. The number of aromatic nitrogens is 4. The van der Waals surface area contributed by atoms with E-state index in [1.807, 2.05) is 0 Å². The molecule has 12 heteroatoms. The number of hydrogen-bond acceptors (Lipinski definition) is 9. The Morgan fingerprint density at radius 3 is 2.73 bits per heavy atom. The molecular weight excluding hydrogens is 447 g/mol. The molecule has 3 atom stereocenters. The Labute approximate surface area is 200 Å². The standard InChI is InChI=1S/C21H29N6O5P/c1-14(2)31-21(28)16(4)26-33(29,32-17-8-6-5-7-9-17)13-30-15(3)10-27-12-25-18-19(22)23-11-24-20(18)27/h5-9,11-12,14-16H,10,13H2,1-4H3,(H,26,29)(H2,22,23,24)/t15-,16+,33?/m1/s1/i1D3,2D3. The van der Waals surface area contributed by atoms with E-state index in [1.165, 1.54) is 19.6 Å². The first-order chi connectivity index (χ1) is 18.1. The summed E-state index contributed by atoms with van der Waals surface area (Å²) >= 11 is 0. The van der Waals surface area contributed by atoms with Gasteiger partial charge in [0.2, 0.25) is 0 Å². The number of anilines is 1. The number of ether oxygens (including phenoxy) is 2. The van der Waals surface area contributed by atoms with E-state index < -0.39 is 51.8 Å². The van der Waals surface area contributed by atoms with Crippen molar-refractivity contribution in [2.75, 3.05) is 12.1 Å². The number of nitrogens with two attached hydrogens (primary N) is 1. The highest BCUT2D eigenvalue weighted by Gasteiger charge is 2.32. The minimum Gasteiger partial charge on any atom is -0.462 e. The first kappa shape index (κ1) is 17.5. The van der Waals surface area contributed by atoms with Gasteiger partial charge in [0.05, 0.1) is 25.1 Å². The van der Waals surface area contributed by atoms with E-state index in [1.54, 1.807) is 41.8 Å². The van der Waals surface area contributed by atoms with Crippen LogP contribution in [0.4, 0.5) is 5.82 Å². The highest BCUT2D eigenvalue weighted by molar-refractivity contribution is 7.57. The molecule has 178 valence electrons. The van der Waals surface area contributed by atoms with Crippen LogP contribution in [0.25, 0.3) is 11.2 Å². The number of nitrogens with zero attached hydrogens (tertiary/aromatic N) is 4. The summed E-state index contributed by atoms with van der Waals surface area (Å²) in [6, 6.07) is 6.69. The van der Waals surface area contributed by atoms with Crippen molar-refractivity contribution in [3.8, 4) is 5.75 Å². The van der Waals surface area contributed by atoms with Crippen molar-refractivity contribution in [1.82, 2.24) is 24.6 Å². The second kappa shape index (κ2) is 10.7. The van der Waals surface area contributed by atoms with Crippen molar-refractivity contribution in [3.05, 3.63) is 43.0 Å². The molecule has 0 aliphatic carbocycles. The third-order valence-corrected chi connectivity index (χ3v) is 6.16. The van der Waals surface area contributed by atoms with Crippen LogP contribution in [0.5, 0.6) is 5.75 Å². The molecular formula is C21H29N6O5P. The number of rotatable bonds is 11. The molecule has 0 radical (unpaired) electrons. The lowest BCUT2D eigenvalue weighted by Gasteiger charge is -2.25. The van der Waals surface area contributed by atoms with Gasteiger partial charge in [0.25, 0.3) is 0 Å². The first-order valence-electron chi connectivity index (χ1n) is 12.9. The second-order valence-electron chi connectivity index (χ2n) is 7.18. The minimum absolute atomic E-state index is 0.209. The molecule has 3 rings (SSSR count). The number of carbonyl (C=O) groups is 1. The molecule has 1 aromatic carbocycles. The number of nitrogens with one attached hydrogen (secondary N) is 1. The van der Waals surface area contributed by atoms with E-state index in [0.29, 0.717) is 11.2 Å². The number of esters is 1. The largest absolute Gasteiger partial charge is 0.462 e. The van der Waals surface area contributed by atoms with Crippen LogP contribution in [0.2, 0.25) is 0 Å². The number of carbonyl (C=O) groups excluding carboxylic acids is 1. The molecule has 11 nitrogen and oxygen atoms in total. The third-order valence-electron chi connectivity index (χ3n) is 4.39. The smallest absolute Gasteiger partial charge is 0.342 e. The van der Waals surface area contributed by atoms with Crippen molar-refractivity contribution in [3.63, 3.8) is 0 Å². The van der Waals surface area contributed by atoms with Crippen LogP contribution in [-0.2, 0) is 25.4 Å². The van der Waals surface area contributed by atoms with E-state index >= 15 is 0 Å². The molecule has 3 N–H and O–H groups in total. The van der Waals surface area contributed by atoms with Gasteiger partial charge in [0.15, 0.2) is 11.5 Å². The lowest BCUT2D eigenvalue weighted by molar-refractivity contribution is -0.149. The van der Waals surface area contributed by atoms with Crippen LogP contribution in [0.3, 0.4) is 0 Å². The molecule has 2 heterocycles. The quantitative estimate of drug-likeness (QED) is 0.309. The second-order valence-corrected chi connectivity index (χ2v) is 9.23. The number of benzene rings is 1. The van der Waals surface area contributed by atoms with Gasteiger partial charge in [-0.2, -0.15) is 0 Å². The zero-order valence-electron chi connectivity index (χ0n) is 24.0. The highest BCUT2D eigenvalue weighted by Crippen LogP contribution is 2.44. The Kier molecular flexibility index (Phi) is 5.68. The SMILES string of the molecule is [2H]C([2H])([2H])C(OC(=O)[C@H](C)NP(=O)(CO[C@H](C)Cn1cnc2c(N)ncnc21)Oc1ccccc1)C([2H])([2H])[2H]. The number of nitrogen functional groups attached to an aromatic ring is 1. The van der Waals surface area contributed by atoms with Crippen molar-refractivity contribution in [2.24, 2.45) is 0 Å². The highest BCUT2D eigenvalue weighted by atomic mass is 31.2. The van der Waals surface area contributed by atoms with E-state index in [0.717, 1.165) is 0 Å². The van der Waals surface area contributed by atoms with Crippen molar-refractivity contribution in [1.29, 1.82) is 0 Å². The molecule has 2 aromatic heterocycles. The molecule has 0 aliphatic heterocycles. The summed E-state index contributed by atoms with van der Waals surface area (Å²) in [5, 5.41) is 2.51. The molecule has 1 unspecified atom stereocenters. The molecule has 0 spiro atoms. The van der Waals surface area contributed by atoms with Crippen LogP contribution < -0.4 is 15.3 Å². The van der Waals surface area contributed by atoms with Crippen LogP contribution in [0, 0.1) is 0 Å². The predicted molar refractivity (Wildman–Crippen MR) is 124 cm³/mol. The van der Waals surface area contributed by atoms with E-state index in [4.69, 9.17) is 28.0 Å². The van der Waals surface area contributed by atoms with Gasteiger partial charge in [-0.1, -0.05) is 18.2 Å². The average Bonchev–Trinajstić information content (AvgIpc) is 3.24. The zero-order chi connectivity index (χ0) is 29.0. The molecule has 0 fully saturated rings. The van der Waals surface area contributed by atoms with Crippen molar-refractivity contribution < 1.29 is 31.6 Å². The Hall–Kier alpha value is -3.01. The topological polar surface area (TPSA) is 143 Å². The van der Waals surface area contributed by atoms with Crippen LogP contribution in [-0.4, -0.2) is 50.1 Å². The Morgan fingerprint density at radius 1 is 1.24 bits per heavy atom. The molecule has 0 bridgehead atoms. The fourth-order valence-corrected chi connectivity index (χ4v) is 4.68. The van der Waals surface area contributed by atoms with Gasteiger partial charge in [-0.05, 0) is 39.7 Å². The summed E-state index contributed by atoms with van der Waals surface area (Å²) in [6.07, 6.45) is -0.609. The zero-order valence-corrected chi connectivity index (χ0v) is 18.9. The minimum atomic E-state index is -4.00. The van der Waals surface area contributed by atoms with Crippen LogP contribution in [0.1, 0.15) is 35.8 Å². The summed E-state index contributed by atoms with van der Waals surface area (Å²) in [5.41, 5.74) is 6.72. The predicted octanol–water partition coefficient (Wildman–Crippen LogP) is 2.97. The molecule has 33 heavy (non-hydrogen) atoms. The Bertz CT molecular complexity index is 1310. The van der Waals surface area contributed by atoms with Gasteiger partial charge < -0.3 is 24.3 Å². The number of para-hydroxylation sites is 1. The first-order valence-corrected chi connectivity index (χ1v) is 11.7. The van der Waals surface area contributed by atoms with Gasteiger partial charge >= 0.3 is 13.5 Å². The molecule has 0 saturated carbocycles. The Balaban J connectivity index is 1.73. The van der Waals surface area contributed by atoms with E-state index in [9.17, 15) is 9.36 Å². The lowest BCUT2D eigenvalue weighted by atomic mass is 10.3. The summed E-state index contributed by atoms with van der Waals surface area (Å²) in [4.78, 5) is 24.9. The summed E-state index contributed by atoms with van der Waals surface area (Å²) < 4.78 is 76.3. The maximum Gasteiger partial charge on any atom is 0.342 e. The number of imidazole rings is 1. The molecule has 3 aromatic rings. The molecule has 0 amide bonds. The van der Waals surface area contributed by atoms with Gasteiger partial charge in [-0.25, -0.2) is 20.0 Å². The maximum atomic E-state index is 13.8. The molecule has 0 aliphatic rings. The van der Waals surface area contributed by atoms with Gasteiger partial charge in [0.1, 0.15) is 30.0 Å². The van der Waals surface area contributed by atoms with E-state index in [-0.39, 0.29) is 18.1 Å². The van der Waals surface area contributed by atoms with Gasteiger partial charge in [-0.15, -0.1) is 0 Å².